The summed E-state index contributed by atoms with van der Waals surface area (Å²) in [6, 6.07) is 0. The molecule has 0 saturated heterocycles. The third-order valence-electron chi connectivity index (χ3n) is 7.82. The Morgan fingerprint density at radius 2 is 0.364 bits per heavy atom. The van der Waals surface area contributed by atoms with Gasteiger partial charge in [0, 0.05) is 6.08 Å². The third-order valence-corrected chi connectivity index (χ3v) is 7.82. The van der Waals surface area contributed by atoms with Crippen LogP contribution in [0.1, 0.15) is 0 Å². The summed E-state index contributed by atoms with van der Waals surface area (Å²) < 4.78 is 561. The van der Waals surface area contributed by atoms with Gasteiger partial charge < -0.3 is 4.74 Å². The lowest BCUT2D eigenvalue weighted by atomic mass is 9.82. The van der Waals surface area contributed by atoms with Gasteiger partial charge in [-0.25, -0.2) is 4.79 Å². The largest absolute Gasteiger partial charge is 0.473 e. The Kier molecular flexibility index (Phi) is 14.3. The molecule has 0 heterocycles. The van der Waals surface area contributed by atoms with Crippen LogP contribution in [0.3, 0.4) is 0 Å². The summed E-state index contributed by atoms with van der Waals surface area (Å²) in [6.07, 6.45) is -17.4. The molecule has 0 aliphatic heterocycles. The first-order valence-electron chi connectivity index (χ1n) is 13.8. The van der Waals surface area contributed by atoms with Crippen LogP contribution in [0.2, 0.25) is 0 Å². The van der Waals surface area contributed by atoms with Crippen molar-refractivity contribution in [1.82, 2.24) is 0 Å². The molecule has 0 aromatic rings. The maximum atomic E-state index is 14.0. The van der Waals surface area contributed by atoms with Crippen LogP contribution in [0.15, 0.2) is 12.7 Å². The number of hydrogen-bond acceptors (Lipinski definition) is 2. The zero-order chi connectivity index (χ0) is 55.0. The lowest BCUT2D eigenvalue weighted by Gasteiger charge is -2.47. The normalized spacial score (nSPS) is 17.0. The van der Waals surface area contributed by atoms with Crippen LogP contribution in [0.5, 0.6) is 0 Å². The van der Waals surface area contributed by atoms with Crippen LogP contribution >= 0.6 is 0 Å². The van der Waals surface area contributed by atoms with Crippen molar-refractivity contribution in [3.05, 3.63) is 12.7 Å². The van der Waals surface area contributed by atoms with E-state index in [-0.39, 0.29) is 0 Å². The van der Waals surface area contributed by atoms with Crippen LogP contribution < -0.4 is 0 Å². The van der Waals surface area contributed by atoms with Crippen LogP contribution in [-0.4, -0.2) is 125 Å². The average molecular weight is 1090 g/mol. The SMILES string of the molecule is C=CC(=O)OC(F)(F)C(F)(F)C(F)(F)C(F)(F)C(F)(F)C(F)(F)C(F)(F)C(F)(F)C(F)(F)C(F)(F)C(F)(F)C(F)(F)C(F)(F)C(F)(F)C(F)(F)C(F)(F)C(F)(F)C(F)(F)C(F)(F)C(F)(F)F. The first-order valence-corrected chi connectivity index (χ1v) is 13.8. The summed E-state index contributed by atoms with van der Waals surface area (Å²) in [4.78, 5) is 10.6. The monoisotopic (exact) mass is 1090 g/mol. The lowest BCUT2D eigenvalue weighted by Crippen LogP contribution is -2.80. The van der Waals surface area contributed by atoms with Gasteiger partial charge in [-0.1, -0.05) is 6.58 Å². The van der Waals surface area contributed by atoms with Gasteiger partial charge in [0.05, 0.1) is 0 Å². The molecule has 0 fully saturated rings. The molecule has 0 radical (unpaired) electrons. The van der Waals surface area contributed by atoms with Gasteiger partial charge in [-0.15, -0.1) is 0 Å². The number of halogens is 41. The molecule has 0 rings (SSSR count). The molecule has 0 saturated carbocycles. The fourth-order valence-corrected chi connectivity index (χ4v) is 3.75. The topological polar surface area (TPSA) is 26.3 Å². The van der Waals surface area contributed by atoms with E-state index in [4.69, 9.17) is 0 Å². The smallest absolute Gasteiger partial charge is 0.393 e. The second-order valence-electron chi connectivity index (χ2n) is 12.0. The quantitative estimate of drug-likeness (QED) is 0.0690. The maximum absolute atomic E-state index is 14.0. The molecule has 0 bridgehead atoms. The highest BCUT2D eigenvalue weighted by Crippen LogP contribution is 2.71. The summed E-state index contributed by atoms with van der Waals surface area (Å²) in [5.41, 5.74) is 0. The van der Waals surface area contributed by atoms with E-state index in [9.17, 15) is 185 Å². The van der Waals surface area contributed by atoms with Crippen molar-refractivity contribution in [3.63, 3.8) is 0 Å². The highest BCUT2D eigenvalue weighted by atomic mass is 19.4. The van der Waals surface area contributed by atoms with Gasteiger partial charge in [0.2, 0.25) is 0 Å². The van der Waals surface area contributed by atoms with Crippen molar-refractivity contribution >= 4 is 5.97 Å². The molecule has 0 N–H and O–H groups in total. The number of ether oxygens (including phenoxy) is 1. The molecule has 0 aliphatic carbocycles. The predicted octanol–water partition coefficient (Wildman–Crippen LogP) is 13.3. The fourth-order valence-electron chi connectivity index (χ4n) is 3.75. The minimum Gasteiger partial charge on any atom is -0.393 e. The Morgan fingerprint density at radius 1 is 0.242 bits per heavy atom. The van der Waals surface area contributed by atoms with Crippen molar-refractivity contribution in [2.75, 3.05) is 0 Å². The van der Waals surface area contributed by atoms with E-state index in [2.05, 4.69) is 0 Å². The molecule has 66 heavy (non-hydrogen) atoms. The Hall–Kier alpha value is -3.66. The molecule has 0 aromatic heterocycles. The van der Waals surface area contributed by atoms with Crippen LogP contribution in [0, 0.1) is 0 Å². The molecule has 0 atom stereocenters. The van der Waals surface area contributed by atoms with Crippen molar-refractivity contribution < 1.29 is 190 Å². The Morgan fingerprint density at radius 3 is 0.485 bits per heavy atom. The van der Waals surface area contributed by atoms with Gasteiger partial charge in [-0.3, -0.25) is 0 Å². The average Bonchev–Trinajstić information content (AvgIpc) is 3.09. The van der Waals surface area contributed by atoms with Crippen LogP contribution in [-0.2, 0) is 9.53 Å². The number of rotatable bonds is 20. The molecule has 0 aliphatic rings. The summed E-state index contributed by atoms with van der Waals surface area (Å²) in [7, 11) is 0. The van der Waals surface area contributed by atoms with Crippen molar-refractivity contribution in [3.8, 4) is 0 Å². The van der Waals surface area contributed by atoms with Gasteiger partial charge in [0.15, 0.2) is 0 Å². The molecular formula is C23H3F41O2. The predicted molar refractivity (Wildman–Crippen MR) is 116 cm³/mol. The summed E-state index contributed by atoms with van der Waals surface area (Å²) >= 11 is 0. The molecule has 394 valence electrons. The van der Waals surface area contributed by atoms with E-state index < -0.39 is 131 Å². The molecule has 2 nitrogen and oxygen atoms in total. The molecular weight excluding hydrogens is 1090 g/mol. The van der Waals surface area contributed by atoms with Gasteiger partial charge >= 0.3 is 125 Å². The van der Waals surface area contributed by atoms with E-state index in [0.29, 0.717) is 0 Å². The van der Waals surface area contributed by atoms with E-state index in [1.165, 1.54) is 0 Å². The molecule has 0 aromatic carbocycles. The Bertz CT molecular complexity index is 1810. The summed E-state index contributed by atoms with van der Waals surface area (Å²) in [6.45, 7) is 2.00. The zero-order valence-electron chi connectivity index (χ0n) is 28.1. The van der Waals surface area contributed by atoms with Gasteiger partial charge in [-0.05, 0) is 0 Å². The summed E-state index contributed by atoms with van der Waals surface area (Å²) in [5, 5.41) is 0. The highest BCUT2D eigenvalue weighted by Gasteiger charge is 3.03. The zero-order valence-corrected chi connectivity index (χ0v) is 28.1. The number of carbonyl (C=O) groups excluding carboxylic acids is 1. The molecule has 0 spiro atoms. The maximum Gasteiger partial charge on any atom is 0.473 e. The van der Waals surface area contributed by atoms with E-state index in [1.54, 1.807) is 0 Å². The molecule has 0 amide bonds. The molecule has 43 heteroatoms. The van der Waals surface area contributed by atoms with E-state index in [1.807, 2.05) is 11.3 Å². The van der Waals surface area contributed by atoms with E-state index >= 15 is 0 Å². The standard InChI is InChI=1S/C23H3F41O2/c1-2-3(65)66-23(63,64)21(58,59)19(54,55)17(50,51)15(46,47)13(42,43)11(38,39)9(34,35)7(30,31)5(26,27)4(24,25)6(28,29)8(32,33)10(36,37)12(40,41)14(44,45)16(48,49)18(52,53)20(56,57)22(60,61)62/h2H,1H2. The number of alkyl halides is 41. The van der Waals surface area contributed by atoms with Crippen molar-refractivity contribution in [2.45, 2.75) is 119 Å². The number of esters is 1. The highest BCUT2D eigenvalue weighted by molar-refractivity contribution is 5.81. The van der Waals surface area contributed by atoms with Crippen molar-refractivity contribution in [2.24, 2.45) is 0 Å². The number of carbonyl (C=O) groups is 1. The second kappa shape index (κ2) is 15.2. The fraction of sp³-hybridized carbons (Fsp3) is 0.870. The van der Waals surface area contributed by atoms with Gasteiger partial charge in [0.1, 0.15) is 0 Å². The third kappa shape index (κ3) is 6.99. The van der Waals surface area contributed by atoms with Gasteiger partial charge in [0.25, 0.3) is 0 Å². The van der Waals surface area contributed by atoms with Gasteiger partial charge in [-0.2, -0.15) is 180 Å². The van der Waals surface area contributed by atoms with E-state index in [0.717, 1.165) is 0 Å². The summed E-state index contributed by atoms with van der Waals surface area (Å²) in [5.74, 6) is -186. The van der Waals surface area contributed by atoms with Crippen molar-refractivity contribution in [1.29, 1.82) is 0 Å². The number of hydrogen-bond donors (Lipinski definition) is 0. The minimum atomic E-state index is -10.7. The first-order chi connectivity index (χ1) is 27.7. The Labute approximate surface area is 328 Å². The Balaban J connectivity index is 8.00. The second-order valence-corrected chi connectivity index (χ2v) is 12.0. The first kappa shape index (κ1) is 62.3. The lowest BCUT2D eigenvalue weighted by molar-refractivity contribution is -0.497. The minimum absolute atomic E-state index is 0.884. The molecule has 0 unspecified atom stereocenters. The van der Waals surface area contributed by atoms with Crippen LogP contribution in [0.25, 0.3) is 0 Å². The van der Waals surface area contributed by atoms with Crippen LogP contribution in [0.4, 0.5) is 180 Å².